The Kier molecular flexibility index (Phi) is 8.61. The molecule has 4 heteroatoms. The lowest BCUT2D eigenvalue weighted by atomic mass is 9.77. The van der Waals surface area contributed by atoms with Crippen LogP contribution in [0.3, 0.4) is 0 Å². The van der Waals surface area contributed by atoms with Gasteiger partial charge in [0.2, 0.25) is 0 Å². The van der Waals surface area contributed by atoms with Crippen LogP contribution in [0.4, 0.5) is 51.2 Å². The maximum absolute atomic E-state index is 3.91. The molecule has 10 rings (SSSR count). The van der Waals surface area contributed by atoms with Crippen LogP contribution in [0.25, 0.3) is 33.0 Å². The molecule has 0 amide bonds. The molecule has 1 aliphatic carbocycles. The highest BCUT2D eigenvalue weighted by atomic mass is 15.2. The molecular weight excluding hydrogens is 717 g/mol. The zero-order chi connectivity index (χ0) is 40.6. The largest absolute Gasteiger partial charge is 0.354 e. The van der Waals surface area contributed by atoms with E-state index in [2.05, 4.69) is 232 Å². The Morgan fingerprint density at radius 3 is 1.73 bits per heavy atom. The van der Waals surface area contributed by atoms with E-state index in [4.69, 9.17) is 0 Å². The van der Waals surface area contributed by atoms with Crippen molar-refractivity contribution in [3.05, 3.63) is 175 Å². The quantitative estimate of drug-likeness (QED) is 0.182. The zero-order valence-corrected chi connectivity index (χ0v) is 35.2. The first-order valence-electron chi connectivity index (χ1n) is 21.0. The number of anilines is 9. The first-order valence-corrected chi connectivity index (χ1v) is 21.0. The fourth-order valence-corrected chi connectivity index (χ4v) is 9.33. The smallest absolute Gasteiger partial charge is 0.0509 e. The first-order chi connectivity index (χ1) is 28.4. The second-order valence-electron chi connectivity index (χ2n) is 18.5. The molecule has 0 fully saturated rings. The topological polar surface area (TPSA) is 21.8 Å². The summed E-state index contributed by atoms with van der Waals surface area (Å²) >= 11 is 0. The van der Waals surface area contributed by atoms with Crippen LogP contribution in [-0.4, -0.2) is 7.05 Å². The highest BCUT2D eigenvalue weighted by Gasteiger charge is 2.30. The number of fused-ring (bicyclic) bond motifs is 4. The minimum Gasteiger partial charge on any atom is -0.354 e. The van der Waals surface area contributed by atoms with Gasteiger partial charge in [-0.1, -0.05) is 126 Å². The van der Waals surface area contributed by atoms with Crippen LogP contribution in [0.2, 0.25) is 0 Å². The van der Waals surface area contributed by atoms with Crippen LogP contribution in [-0.2, 0) is 5.41 Å². The van der Waals surface area contributed by atoms with E-state index in [1.54, 1.807) is 0 Å². The van der Waals surface area contributed by atoms with E-state index >= 15 is 0 Å². The van der Waals surface area contributed by atoms with Crippen molar-refractivity contribution in [1.29, 1.82) is 0 Å². The standard InChI is InChI=1S/C55H52N4/c1-54(2,3)36-18-22-40(23-19-36)58(38-14-10-8-11-15-38)42-26-28-44-46-30-31-47-45-29-27-43(35-51(45)57(7)50-33-32-48(52(46)53(47)50)56-49(44)34-42)59(39-16-12-9-13-17-39)41-24-20-37(21-25-41)55(4,5)6/h8-18,20-36,56H,19H2,1-7H3. The van der Waals surface area contributed by atoms with Crippen LogP contribution >= 0.6 is 0 Å². The van der Waals surface area contributed by atoms with Gasteiger partial charge in [-0.2, -0.15) is 0 Å². The third kappa shape index (κ3) is 6.30. The Morgan fingerprint density at radius 2 is 1.10 bits per heavy atom. The Balaban J connectivity index is 1.04. The molecule has 2 aliphatic heterocycles. The fourth-order valence-electron chi connectivity index (χ4n) is 9.33. The van der Waals surface area contributed by atoms with Gasteiger partial charge in [0, 0.05) is 80.1 Å². The summed E-state index contributed by atoms with van der Waals surface area (Å²) in [5, 5.41) is 6.47. The van der Waals surface area contributed by atoms with Crippen molar-refractivity contribution in [3.8, 4) is 22.3 Å². The molecule has 59 heavy (non-hydrogen) atoms. The van der Waals surface area contributed by atoms with Crippen molar-refractivity contribution < 1.29 is 0 Å². The van der Waals surface area contributed by atoms with Gasteiger partial charge in [0.25, 0.3) is 0 Å². The molecule has 7 aromatic carbocycles. The number of rotatable bonds is 6. The Morgan fingerprint density at radius 1 is 0.525 bits per heavy atom. The summed E-state index contributed by atoms with van der Waals surface area (Å²) in [6.45, 7) is 13.8. The van der Waals surface area contributed by atoms with Crippen LogP contribution in [0.5, 0.6) is 0 Å². The number of benzene rings is 7. The van der Waals surface area contributed by atoms with Gasteiger partial charge in [0.1, 0.15) is 0 Å². The van der Waals surface area contributed by atoms with Crippen LogP contribution in [0, 0.1) is 11.3 Å². The minimum atomic E-state index is 0.0877. The molecular formula is C55H52N4. The summed E-state index contributed by atoms with van der Waals surface area (Å²) in [6.07, 6.45) is 8.15. The zero-order valence-electron chi connectivity index (χ0n) is 35.2. The Hall–Kier alpha value is -6.52. The van der Waals surface area contributed by atoms with Crippen molar-refractivity contribution in [1.82, 2.24) is 0 Å². The van der Waals surface area contributed by atoms with E-state index < -0.39 is 0 Å². The minimum absolute atomic E-state index is 0.0877. The molecule has 0 spiro atoms. The summed E-state index contributed by atoms with van der Waals surface area (Å²) < 4.78 is 0. The molecule has 1 atom stereocenters. The van der Waals surface area contributed by atoms with Gasteiger partial charge in [-0.25, -0.2) is 0 Å². The highest BCUT2D eigenvalue weighted by molar-refractivity contribution is 6.22. The molecule has 0 saturated carbocycles. The maximum atomic E-state index is 3.91. The Bertz CT molecular complexity index is 2800. The normalized spacial score (nSPS) is 15.3. The average Bonchev–Trinajstić information content (AvgIpc) is 3.24. The van der Waals surface area contributed by atoms with Gasteiger partial charge in [-0.05, 0) is 119 Å². The van der Waals surface area contributed by atoms with Crippen molar-refractivity contribution >= 4 is 62.0 Å². The highest BCUT2D eigenvalue weighted by Crippen LogP contribution is 2.55. The predicted octanol–water partition coefficient (Wildman–Crippen LogP) is 15.7. The number of allylic oxidation sites excluding steroid dienone is 3. The average molecular weight is 769 g/mol. The lowest BCUT2D eigenvalue weighted by Gasteiger charge is -2.35. The summed E-state index contributed by atoms with van der Waals surface area (Å²) in [5.41, 5.74) is 18.2. The van der Waals surface area contributed by atoms with Crippen molar-refractivity contribution in [2.24, 2.45) is 11.3 Å². The van der Waals surface area contributed by atoms with E-state index in [1.165, 1.54) is 55.7 Å². The molecule has 292 valence electrons. The number of hydrogen-bond acceptors (Lipinski definition) is 4. The molecule has 0 radical (unpaired) electrons. The van der Waals surface area contributed by atoms with Gasteiger partial charge < -0.3 is 20.0 Å². The molecule has 1 N–H and O–H groups in total. The maximum Gasteiger partial charge on any atom is 0.0509 e. The van der Waals surface area contributed by atoms with Gasteiger partial charge in [0.05, 0.1) is 5.69 Å². The molecule has 0 aromatic heterocycles. The van der Waals surface area contributed by atoms with Gasteiger partial charge >= 0.3 is 0 Å². The molecule has 7 aromatic rings. The van der Waals surface area contributed by atoms with E-state index in [-0.39, 0.29) is 10.8 Å². The second kappa shape index (κ2) is 13.8. The Labute approximate surface area is 349 Å². The van der Waals surface area contributed by atoms with Gasteiger partial charge in [-0.15, -0.1) is 0 Å². The third-order valence-corrected chi connectivity index (χ3v) is 12.7. The van der Waals surface area contributed by atoms with Gasteiger partial charge in [-0.3, -0.25) is 0 Å². The second-order valence-corrected chi connectivity index (χ2v) is 18.5. The molecule has 4 nitrogen and oxygen atoms in total. The SMILES string of the molecule is CN1c2cc(N(c3ccccc3)c3ccc(C(C)(C)C)cc3)ccc2-c2ccc3c4c(ccc1c24)Nc1cc(N(C2=CCC(C(C)(C)C)C=C2)c2ccccc2)ccc1-3. The number of para-hydroxylation sites is 2. The van der Waals surface area contributed by atoms with Crippen molar-refractivity contribution in [3.63, 3.8) is 0 Å². The molecule has 0 saturated heterocycles. The van der Waals surface area contributed by atoms with Crippen LogP contribution < -0.4 is 20.0 Å². The van der Waals surface area contributed by atoms with Crippen molar-refractivity contribution in [2.75, 3.05) is 27.1 Å². The van der Waals surface area contributed by atoms with Crippen molar-refractivity contribution in [2.45, 2.75) is 53.4 Å². The van der Waals surface area contributed by atoms with Crippen LogP contribution in [0.15, 0.2) is 170 Å². The number of nitrogens with zero attached hydrogens (tertiary/aromatic N) is 3. The first kappa shape index (κ1) is 36.8. The lowest BCUT2D eigenvalue weighted by molar-refractivity contribution is 0.293. The number of hydrogen-bond donors (Lipinski definition) is 1. The van der Waals surface area contributed by atoms with E-state index in [1.807, 2.05) is 0 Å². The molecule has 0 bridgehead atoms. The summed E-state index contributed by atoms with van der Waals surface area (Å²) in [6, 6.07) is 53.6. The van der Waals surface area contributed by atoms with Gasteiger partial charge in [0.15, 0.2) is 0 Å². The third-order valence-electron chi connectivity index (χ3n) is 12.7. The summed E-state index contributed by atoms with van der Waals surface area (Å²) in [7, 11) is 2.22. The lowest BCUT2D eigenvalue weighted by Crippen LogP contribution is -2.23. The molecule has 3 aliphatic rings. The molecule has 1 unspecified atom stereocenters. The molecule has 2 heterocycles. The number of nitrogens with one attached hydrogen (secondary N) is 1. The fraction of sp³-hybridized carbons (Fsp3) is 0.200. The predicted molar refractivity (Wildman–Crippen MR) is 253 cm³/mol. The summed E-state index contributed by atoms with van der Waals surface area (Å²) in [5.74, 6) is 0.515. The van der Waals surface area contributed by atoms with E-state index in [0.29, 0.717) is 5.92 Å². The van der Waals surface area contributed by atoms with E-state index in [0.717, 1.165) is 46.2 Å². The monoisotopic (exact) mass is 768 g/mol. The van der Waals surface area contributed by atoms with E-state index in [9.17, 15) is 0 Å². The van der Waals surface area contributed by atoms with Crippen LogP contribution in [0.1, 0.15) is 53.5 Å². The summed E-state index contributed by atoms with van der Waals surface area (Å²) in [4.78, 5) is 7.15.